The van der Waals surface area contributed by atoms with Gasteiger partial charge in [0.1, 0.15) is 0 Å². The first kappa shape index (κ1) is 11.0. The minimum atomic E-state index is 0. The summed E-state index contributed by atoms with van der Waals surface area (Å²) in [4.78, 5) is 9.93. The van der Waals surface area contributed by atoms with Crippen molar-refractivity contribution in [3.63, 3.8) is 0 Å². The van der Waals surface area contributed by atoms with Gasteiger partial charge in [-0.05, 0) is 6.92 Å². The van der Waals surface area contributed by atoms with Gasteiger partial charge in [0, 0.05) is 13.5 Å². The van der Waals surface area contributed by atoms with Gasteiger partial charge in [-0.15, -0.1) is 0 Å². The molecule has 0 spiro atoms. The maximum Gasteiger partial charge on any atom is 1.00 e. The summed E-state index contributed by atoms with van der Waals surface area (Å²) in [7, 11) is 0. The zero-order chi connectivity index (χ0) is 4.99. The van der Waals surface area contributed by atoms with Crippen LogP contribution in [0.15, 0.2) is 0 Å². The molecular weight excluding hydrogens is 117 g/mol. The number of hydrogen-bond acceptors (Lipinski definition) is 1. The number of nitrogens with one attached hydrogen (secondary N) is 1. The molecule has 0 aliphatic rings. The van der Waals surface area contributed by atoms with Crippen molar-refractivity contribution in [2.75, 3.05) is 6.54 Å². The molecule has 0 saturated carbocycles. The molecule has 0 aliphatic carbocycles. The van der Waals surface area contributed by atoms with Crippen LogP contribution in [0.2, 0.25) is 0 Å². The van der Waals surface area contributed by atoms with Crippen molar-refractivity contribution in [1.82, 2.24) is 5.32 Å². The van der Waals surface area contributed by atoms with Gasteiger partial charge in [0.15, 0.2) is 0 Å². The van der Waals surface area contributed by atoms with E-state index in [4.69, 9.17) is 0 Å². The Kier molecular flexibility index (Phi) is 11.1. The predicted molar refractivity (Wildman–Crippen MR) is 24.4 cm³/mol. The molecule has 0 aromatic carbocycles. The summed E-state index contributed by atoms with van der Waals surface area (Å²) < 4.78 is 0. The van der Waals surface area contributed by atoms with Crippen LogP contribution in [0.4, 0.5) is 0 Å². The van der Waals surface area contributed by atoms with Gasteiger partial charge in [0.05, 0.1) is 0 Å². The second-order valence-electron chi connectivity index (χ2n) is 1.09. The molecular formula is C4H9KNO+. The average Bonchev–Trinajstić information content (AvgIpc) is 1.35. The number of carbonyl (C=O) groups excluding carboxylic acids is 1. The third kappa shape index (κ3) is 11.0. The molecule has 1 N–H and O–H groups in total. The van der Waals surface area contributed by atoms with Crippen molar-refractivity contribution in [2.45, 2.75) is 13.8 Å². The maximum absolute atomic E-state index is 9.93. The van der Waals surface area contributed by atoms with Crippen LogP contribution in [-0.2, 0) is 4.79 Å². The van der Waals surface area contributed by atoms with Gasteiger partial charge in [0.2, 0.25) is 5.91 Å². The zero-order valence-corrected chi connectivity index (χ0v) is 8.24. The summed E-state index contributed by atoms with van der Waals surface area (Å²) >= 11 is 0. The molecule has 2 nitrogen and oxygen atoms in total. The van der Waals surface area contributed by atoms with Crippen LogP contribution in [0.5, 0.6) is 0 Å². The van der Waals surface area contributed by atoms with Crippen LogP contribution in [0.1, 0.15) is 13.8 Å². The summed E-state index contributed by atoms with van der Waals surface area (Å²) in [5, 5.41) is 2.57. The van der Waals surface area contributed by atoms with Crippen LogP contribution in [0, 0.1) is 0 Å². The normalized spacial score (nSPS) is 6.57. The van der Waals surface area contributed by atoms with E-state index in [1.54, 1.807) is 0 Å². The van der Waals surface area contributed by atoms with E-state index in [0.717, 1.165) is 6.54 Å². The van der Waals surface area contributed by atoms with Crippen LogP contribution < -0.4 is 56.7 Å². The minimum absolute atomic E-state index is 0. The summed E-state index contributed by atoms with van der Waals surface area (Å²) in [6, 6.07) is 0. The third-order valence-corrected chi connectivity index (χ3v) is 0.426. The third-order valence-electron chi connectivity index (χ3n) is 0.426. The number of rotatable bonds is 1. The van der Waals surface area contributed by atoms with E-state index in [9.17, 15) is 4.79 Å². The van der Waals surface area contributed by atoms with Gasteiger partial charge >= 0.3 is 51.4 Å². The molecule has 36 valence electrons. The molecule has 7 heavy (non-hydrogen) atoms. The van der Waals surface area contributed by atoms with E-state index in [-0.39, 0.29) is 57.3 Å². The summed E-state index contributed by atoms with van der Waals surface area (Å²) in [5.41, 5.74) is 0. The number of amides is 1. The zero-order valence-electron chi connectivity index (χ0n) is 5.12. The first-order valence-electron chi connectivity index (χ1n) is 2.01. The molecule has 0 aromatic heterocycles. The van der Waals surface area contributed by atoms with E-state index in [1.165, 1.54) is 6.92 Å². The van der Waals surface area contributed by atoms with E-state index in [2.05, 4.69) is 5.32 Å². The van der Waals surface area contributed by atoms with Crippen LogP contribution >= 0.6 is 0 Å². The molecule has 0 aromatic rings. The molecule has 0 fully saturated rings. The second kappa shape index (κ2) is 7.11. The Morgan fingerprint density at radius 1 is 1.71 bits per heavy atom. The van der Waals surface area contributed by atoms with Gasteiger partial charge in [-0.25, -0.2) is 0 Å². The molecule has 1 amide bonds. The van der Waals surface area contributed by atoms with Gasteiger partial charge in [-0.2, -0.15) is 0 Å². The van der Waals surface area contributed by atoms with Crippen LogP contribution in [0.3, 0.4) is 0 Å². The fourth-order valence-electron chi connectivity index (χ4n) is 0.249. The van der Waals surface area contributed by atoms with Crippen molar-refractivity contribution in [3.05, 3.63) is 0 Å². The van der Waals surface area contributed by atoms with Crippen LogP contribution in [-0.4, -0.2) is 12.5 Å². The Balaban J connectivity index is 0. The molecule has 0 bridgehead atoms. The Hall–Kier alpha value is 1.11. The molecule has 0 radical (unpaired) electrons. The topological polar surface area (TPSA) is 29.1 Å². The fourth-order valence-corrected chi connectivity index (χ4v) is 0.249. The standard InChI is InChI=1S/C4H9NO.K/c1-3-5-4(2)6;/h3H2,1-2H3,(H,5,6);/q;+1. The molecule has 0 unspecified atom stereocenters. The van der Waals surface area contributed by atoms with Gasteiger partial charge in [0.25, 0.3) is 0 Å². The van der Waals surface area contributed by atoms with Crippen LogP contribution in [0.25, 0.3) is 0 Å². The Bertz CT molecular complexity index is 55.7. The predicted octanol–water partition coefficient (Wildman–Crippen LogP) is -2.85. The smallest absolute Gasteiger partial charge is 0.357 e. The van der Waals surface area contributed by atoms with E-state index in [0.29, 0.717) is 0 Å². The summed E-state index contributed by atoms with van der Waals surface area (Å²) in [6.45, 7) is 4.13. The summed E-state index contributed by atoms with van der Waals surface area (Å²) in [5.74, 6) is 0.0394. The van der Waals surface area contributed by atoms with Crippen molar-refractivity contribution in [3.8, 4) is 0 Å². The monoisotopic (exact) mass is 126 g/mol. The number of hydrogen-bond donors (Lipinski definition) is 1. The molecule has 0 atom stereocenters. The quantitative estimate of drug-likeness (QED) is 0.376. The van der Waals surface area contributed by atoms with Gasteiger partial charge in [-0.1, -0.05) is 0 Å². The summed E-state index contributed by atoms with van der Waals surface area (Å²) in [6.07, 6.45) is 0. The molecule has 0 aliphatic heterocycles. The number of carbonyl (C=O) groups is 1. The van der Waals surface area contributed by atoms with Crippen molar-refractivity contribution in [1.29, 1.82) is 0 Å². The Labute approximate surface area is 86.5 Å². The fraction of sp³-hybridized carbons (Fsp3) is 0.750. The first-order chi connectivity index (χ1) is 2.77. The van der Waals surface area contributed by atoms with E-state index >= 15 is 0 Å². The van der Waals surface area contributed by atoms with Crippen molar-refractivity contribution >= 4 is 5.91 Å². The molecule has 0 heterocycles. The SMILES string of the molecule is CCNC(C)=O.[K+]. The van der Waals surface area contributed by atoms with Gasteiger partial charge in [-0.3, -0.25) is 4.79 Å². The first-order valence-corrected chi connectivity index (χ1v) is 2.01. The Morgan fingerprint density at radius 2 is 2.14 bits per heavy atom. The second-order valence-corrected chi connectivity index (χ2v) is 1.09. The van der Waals surface area contributed by atoms with Gasteiger partial charge < -0.3 is 5.32 Å². The molecule has 0 saturated heterocycles. The van der Waals surface area contributed by atoms with E-state index in [1.807, 2.05) is 6.92 Å². The van der Waals surface area contributed by atoms with Crippen molar-refractivity contribution in [2.24, 2.45) is 0 Å². The maximum atomic E-state index is 9.93. The molecule has 3 heteroatoms. The van der Waals surface area contributed by atoms with Crippen molar-refractivity contribution < 1.29 is 56.2 Å². The molecule has 0 rings (SSSR count). The average molecular weight is 126 g/mol. The van der Waals surface area contributed by atoms with E-state index < -0.39 is 0 Å². The minimum Gasteiger partial charge on any atom is -0.357 e. The largest absolute Gasteiger partial charge is 1.00 e. The Morgan fingerprint density at radius 3 is 2.14 bits per heavy atom.